The predicted molar refractivity (Wildman–Crippen MR) is 42.0 cm³/mol. The van der Waals surface area contributed by atoms with Gasteiger partial charge < -0.3 is 10.4 Å². The van der Waals surface area contributed by atoms with Gasteiger partial charge in [0.15, 0.2) is 0 Å². The van der Waals surface area contributed by atoms with Crippen molar-refractivity contribution in [3.05, 3.63) is 41.1 Å². The summed E-state index contributed by atoms with van der Waals surface area (Å²) in [4.78, 5) is 0. The summed E-state index contributed by atoms with van der Waals surface area (Å²) >= 11 is 0. The van der Waals surface area contributed by atoms with Crippen molar-refractivity contribution in [3.8, 4) is 6.07 Å². The topological polar surface area (TPSA) is 59.2 Å². The summed E-state index contributed by atoms with van der Waals surface area (Å²) in [5.74, 6) is 0. The van der Waals surface area contributed by atoms with E-state index in [1.54, 1.807) is 30.3 Å². The van der Waals surface area contributed by atoms with Gasteiger partial charge >= 0.3 is 29.6 Å². The maximum atomic E-state index is 10.0. The van der Waals surface area contributed by atoms with E-state index in [0.717, 1.165) is 0 Å². The molecule has 54 valence electrons. The zero-order valence-corrected chi connectivity index (χ0v) is 8.69. The molecule has 0 bridgehead atoms. The van der Waals surface area contributed by atoms with Crippen LogP contribution in [0.15, 0.2) is 35.5 Å². The molecule has 12 heavy (non-hydrogen) atoms. The molecule has 3 nitrogen and oxygen atoms in total. The first-order valence-corrected chi connectivity index (χ1v) is 3.04. The zero-order valence-electron chi connectivity index (χ0n) is 6.69. The third-order valence-electron chi connectivity index (χ3n) is 1.24. The molecule has 0 aromatic heterocycles. The fraction of sp³-hybridized carbons (Fsp3) is 0. The van der Waals surface area contributed by atoms with Crippen LogP contribution in [0.4, 0.5) is 0 Å². The van der Waals surface area contributed by atoms with Gasteiger partial charge in [0.05, 0.1) is 0 Å². The van der Waals surface area contributed by atoms with Gasteiger partial charge in [-0.05, 0) is 0 Å². The zero-order chi connectivity index (χ0) is 8.10. The van der Waals surface area contributed by atoms with Crippen molar-refractivity contribution in [2.45, 2.75) is 0 Å². The summed E-state index contributed by atoms with van der Waals surface area (Å²) in [5.41, 5.74) is 0.482. The summed E-state index contributed by atoms with van der Waals surface area (Å²) in [7, 11) is 0. The maximum Gasteiger partial charge on any atom is 1.00 e. The molecule has 0 amide bonds. The molecule has 0 N–H and O–H groups in total. The largest absolute Gasteiger partial charge is 1.00 e. The van der Waals surface area contributed by atoms with Gasteiger partial charge in [0.25, 0.3) is 0 Å². The summed E-state index contributed by atoms with van der Waals surface area (Å²) in [5, 5.41) is 21.0. The number of rotatable bonds is 1. The number of nitriles is 1. The first-order valence-electron chi connectivity index (χ1n) is 3.04. The number of benzene rings is 1. The number of hydrogen-bond donors (Lipinski definition) is 0. The van der Waals surface area contributed by atoms with Crippen LogP contribution in [0.2, 0.25) is 0 Å². The Morgan fingerprint density at radius 2 is 1.92 bits per heavy atom. The van der Waals surface area contributed by atoms with Gasteiger partial charge in [-0.3, -0.25) is 0 Å². The molecule has 0 spiro atoms. The fourth-order valence-electron chi connectivity index (χ4n) is 0.734. The van der Waals surface area contributed by atoms with Crippen LogP contribution >= 0.6 is 0 Å². The molecule has 4 heteroatoms. The first kappa shape index (κ1) is 11.2. The molecule has 0 saturated carbocycles. The molecule has 0 aliphatic rings. The van der Waals surface area contributed by atoms with Crippen LogP contribution in [0.5, 0.6) is 0 Å². The van der Waals surface area contributed by atoms with Crippen molar-refractivity contribution < 1.29 is 29.6 Å². The molecule has 0 fully saturated rings. The molecular formula is C8H5N2NaO. The van der Waals surface area contributed by atoms with Gasteiger partial charge in [0.2, 0.25) is 0 Å². The Balaban J connectivity index is 0.00000121. The summed E-state index contributed by atoms with van der Waals surface area (Å²) < 4.78 is 0. The molecule has 0 aliphatic heterocycles. The van der Waals surface area contributed by atoms with Crippen molar-refractivity contribution in [2.75, 3.05) is 0 Å². The average Bonchev–Trinajstić information content (AvgIpc) is 2.09. The molecule has 0 unspecified atom stereocenters. The van der Waals surface area contributed by atoms with Crippen LogP contribution in [0.3, 0.4) is 0 Å². The molecule has 0 aliphatic carbocycles. The van der Waals surface area contributed by atoms with Gasteiger partial charge in [-0.15, -0.1) is 0 Å². The molecule has 1 aromatic carbocycles. The van der Waals surface area contributed by atoms with Crippen molar-refractivity contribution in [1.82, 2.24) is 0 Å². The SMILES string of the molecule is N#C/C(=N\[O-])c1ccccc1.[Na+]. The monoisotopic (exact) mass is 168 g/mol. The molecule has 0 saturated heterocycles. The third-order valence-corrected chi connectivity index (χ3v) is 1.24. The van der Waals surface area contributed by atoms with Crippen LogP contribution < -0.4 is 29.6 Å². The fourth-order valence-corrected chi connectivity index (χ4v) is 0.734. The second-order valence-electron chi connectivity index (χ2n) is 1.92. The minimum atomic E-state index is -0.0781. The maximum absolute atomic E-state index is 10.0. The van der Waals surface area contributed by atoms with Crippen LogP contribution in [-0.4, -0.2) is 5.71 Å². The van der Waals surface area contributed by atoms with Crippen LogP contribution in [0.25, 0.3) is 0 Å². The molecule has 1 rings (SSSR count). The smallest absolute Gasteiger partial charge is 0.791 e. The van der Waals surface area contributed by atoms with Gasteiger partial charge in [0, 0.05) is 5.56 Å². The van der Waals surface area contributed by atoms with Crippen LogP contribution in [0.1, 0.15) is 5.56 Å². The van der Waals surface area contributed by atoms with Gasteiger partial charge in [0.1, 0.15) is 11.8 Å². The van der Waals surface area contributed by atoms with Crippen molar-refractivity contribution >= 4 is 5.71 Å². The molecule has 0 radical (unpaired) electrons. The molecule has 0 heterocycles. The quantitative estimate of drug-likeness (QED) is 0.291. The second kappa shape index (κ2) is 5.78. The Morgan fingerprint density at radius 3 is 2.33 bits per heavy atom. The van der Waals surface area contributed by atoms with Crippen molar-refractivity contribution in [2.24, 2.45) is 5.16 Å². The standard InChI is InChI=1S/C8H6N2O.Na/c9-6-8(10-11)7-4-2-1-3-5-7;/h1-5,11H;/q;+1/p-1/b10-8+;. The summed E-state index contributed by atoms with van der Waals surface area (Å²) in [6.07, 6.45) is 0. The normalized spacial score (nSPS) is 9.75. The summed E-state index contributed by atoms with van der Waals surface area (Å²) in [6, 6.07) is 10.3. The van der Waals surface area contributed by atoms with Gasteiger partial charge in [-0.1, -0.05) is 30.3 Å². The van der Waals surface area contributed by atoms with E-state index in [1.165, 1.54) is 0 Å². The van der Waals surface area contributed by atoms with Crippen molar-refractivity contribution in [1.29, 1.82) is 5.26 Å². The minimum Gasteiger partial charge on any atom is -0.791 e. The van der Waals surface area contributed by atoms with Crippen molar-refractivity contribution in [3.63, 3.8) is 0 Å². The first-order chi connectivity index (χ1) is 5.38. The van der Waals surface area contributed by atoms with Crippen LogP contribution in [0, 0.1) is 16.5 Å². The number of hydrogen-bond acceptors (Lipinski definition) is 3. The van der Waals surface area contributed by atoms with Gasteiger partial charge in [-0.25, -0.2) is 0 Å². The Hall–Kier alpha value is -0.820. The molecule has 1 aromatic rings. The van der Waals surface area contributed by atoms with E-state index in [-0.39, 0.29) is 35.3 Å². The summed E-state index contributed by atoms with van der Waals surface area (Å²) in [6.45, 7) is 0. The Kier molecular flexibility index (Phi) is 5.39. The average molecular weight is 168 g/mol. The van der Waals surface area contributed by atoms with E-state index in [0.29, 0.717) is 5.56 Å². The second-order valence-corrected chi connectivity index (χ2v) is 1.92. The van der Waals surface area contributed by atoms with E-state index < -0.39 is 0 Å². The molecular weight excluding hydrogens is 163 g/mol. The van der Waals surface area contributed by atoms with E-state index >= 15 is 0 Å². The molecule has 0 atom stereocenters. The van der Waals surface area contributed by atoms with E-state index in [1.807, 2.05) is 6.07 Å². The van der Waals surface area contributed by atoms with E-state index in [9.17, 15) is 5.21 Å². The minimum absolute atomic E-state index is 0. The van der Waals surface area contributed by atoms with E-state index in [4.69, 9.17) is 5.26 Å². The Labute approximate surface area is 92.6 Å². The Bertz CT molecular complexity index is 303. The van der Waals surface area contributed by atoms with E-state index in [2.05, 4.69) is 5.16 Å². The predicted octanol–water partition coefficient (Wildman–Crippen LogP) is -1.50. The Morgan fingerprint density at radius 1 is 1.33 bits per heavy atom. The van der Waals surface area contributed by atoms with Gasteiger partial charge in [-0.2, -0.15) is 5.26 Å². The van der Waals surface area contributed by atoms with Crippen LogP contribution in [-0.2, 0) is 0 Å². The third kappa shape index (κ3) is 2.67. The number of nitrogens with zero attached hydrogens (tertiary/aromatic N) is 2.